The van der Waals surface area contributed by atoms with Crippen LogP contribution in [0.3, 0.4) is 0 Å². The number of carbonyl (C=O) groups excluding carboxylic acids is 1. The number of rotatable bonds is 5. The van der Waals surface area contributed by atoms with Crippen LogP contribution in [0.4, 0.5) is 32.6 Å². The smallest absolute Gasteiger partial charge is 0.407 e. The van der Waals surface area contributed by atoms with Crippen molar-refractivity contribution in [2.24, 2.45) is 0 Å². The molecule has 1 aliphatic carbocycles. The van der Waals surface area contributed by atoms with Crippen LogP contribution in [0, 0.1) is 29.1 Å². The minimum absolute atomic E-state index is 0.0370. The second-order valence-electron chi connectivity index (χ2n) is 10.6. The number of halogens is 5. The summed E-state index contributed by atoms with van der Waals surface area (Å²) in [5, 5.41) is 7.71. The second-order valence-corrected chi connectivity index (χ2v) is 10.6. The fourth-order valence-electron chi connectivity index (χ4n) is 4.73. The average molecular weight is 577 g/mol. The number of nitrogens with two attached hydrogens (primary N) is 1. The van der Waals surface area contributed by atoms with Gasteiger partial charge in [-0.05, 0) is 52.2 Å². The molecule has 1 aliphatic rings. The maximum absolute atomic E-state index is 15.4. The SMILES string of the molecule is CC(C)(C)OC(=O)N[C@H]1CC[C@H](n2nc(-c3ccc(Oc4c(F)c(F)cc(F)c4F)cc3F)c3c(N)ncnc32)C1. The summed E-state index contributed by atoms with van der Waals surface area (Å²) in [6, 6.07) is 2.78. The molecule has 4 aromatic rings. The first-order chi connectivity index (χ1) is 19.3. The number of hydrogen-bond acceptors (Lipinski definition) is 7. The highest BCUT2D eigenvalue weighted by Crippen LogP contribution is 2.39. The number of hydrogen-bond donors (Lipinski definition) is 2. The second kappa shape index (κ2) is 10.5. The lowest BCUT2D eigenvalue weighted by Gasteiger charge is -2.21. The molecule has 9 nitrogen and oxygen atoms in total. The van der Waals surface area contributed by atoms with Gasteiger partial charge in [0.05, 0.1) is 11.4 Å². The molecule has 0 bridgehead atoms. The van der Waals surface area contributed by atoms with Crippen molar-refractivity contribution in [3.63, 3.8) is 0 Å². The van der Waals surface area contributed by atoms with Gasteiger partial charge in [0.25, 0.3) is 0 Å². The Hall–Kier alpha value is -4.49. The van der Waals surface area contributed by atoms with Crippen LogP contribution in [0.25, 0.3) is 22.3 Å². The molecule has 41 heavy (non-hydrogen) atoms. The third-order valence-corrected chi connectivity index (χ3v) is 6.48. The molecule has 0 aliphatic heterocycles. The molecule has 1 amide bonds. The van der Waals surface area contributed by atoms with E-state index >= 15 is 4.39 Å². The van der Waals surface area contributed by atoms with Crippen LogP contribution in [0.1, 0.15) is 46.1 Å². The number of carbonyl (C=O) groups is 1. The number of ether oxygens (including phenoxy) is 2. The molecule has 2 aromatic carbocycles. The highest BCUT2D eigenvalue weighted by Gasteiger charge is 2.32. The number of nitrogens with one attached hydrogen (secondary N) is 1. The normalized spacial score (nSPS) is 17.2. The van der Waals surface area contributed by atoms with E-state index in [4.69, 9.17) is 15.2 Å². The molecule has 1 fully saturated rings. The summed E-state index contributed by atoms with van der Waals surface area (Å²) in [5.74, 6) is -9.52. The van der Waals surface area contributed by atoms with E-state index in [0.29, 0.717) is 24.9 Å². The number of benzene rings is 2. The van der Waals surface area contributed by atoms with Gasteiger partial charge in [0.15, 0.2) is 17.3 Å². The predicted molar refractivity (Wildman–Crippen MR) is 138 cm³/mol. The molecule has 3 N–H and O–H groups in total. The molecule has 0 saturated heterocycles. The summed E-state index contributed by atoms with van der Waals surface area (Å²) in [7, 11) is 0. The summed E-state index contributed by atoms with van der Waals surface area (Å²) in [4.78, 5) is 20.5. The lowest BCUT2D eigenvalue weighted by molar-refractivity contribution is 0.0504. The largest absolute Gasteiger partial charge is 0.451 e. The molecule has 216 valence electrons. The number of anilines is 1. The minimum atomic E-state index is -1.76. The molecule has 2 heterocycles. The topological polar surface area (TPSA) is 117 Å². The van der Waals surface area contributed by atoms with Crippen molar-refractivity contribution >= 4 is 22.9 Å². The van der Waals surface area contributed by atoms with Crippen LogP contribution in [0.5, 0.6) is 11.5 Å². The van der Waals surface area contributed by atoms with Crippen molar-refractivity contribution in [3.8, 4) is 22.8 Å². The molecule has 1 saturated carbocycles. The summed E-state index contributed by atoms with van der Waals surface area (Å²) >= 11 is 0. The Bertz CT molecular complexity index is 1630. The van der Waals surface area contributed by atoms with E-state index in [9.17, 15) is 22.4 Å². The van der Waals surface area contributed by atoms with Crippen LogP contribution in [-0.2, 0) is 4.74 Å². The van der Waals surface area contributed by atoms with Gasteiger partial charge in [-0.2, -0.15) is 13.9 Å². The van der Waals surface area contributed by atoms with Gasteiger partial charge in [-0.15, -0.1) is 0 Å². The van der Waals surface area contributed by atoms with E-state index in [-0.39, 0.29) is 40.6 Å². The number of amides is 1. The van der Waals surface area contributed by atoms with Gasteiger partial charge in [0.2, 0.25) is 17.4 Å². The standard InChI is InChI=1S/C27H25F5N6O3/c1-27(2,3)41-26(39)36-12-4-5-13(8-12)38-25-19(24(33)34-11-35-25)22(37-38)15-7-6-14(9-16(15)28)40-23-20(31)17(29)10-18(30)21(23)32/h6-7,9-13H,4-5,8H2,1-3H3,(H,36,39)(H2,33,34,35)/t12-,13-/m0/s1. The third-order valence-electron chi connectivity index (χ3n) is 6.48. The Morgan fingerprint density at radius 2 is 1.73 bits per heavy atom. The molecular formula is C27H25F5N6O3. The zero-order chi connectivity index (χ0) is 29.6. The number of aromatic nitrogens is 4. The van der Waals surface area contributed by atoms with Crippen molar-refractivity contribution in [2.75, 3.05) is 5.73 Å². The van der Waals surface area contributed by atoms with E-state index in [2.05, 4.69) is 20.4 Å². The van der Waals surface area contributed by atoms with Crippen LogP contribution >= 0.6 is 0 Å². The van der Waals surface area contributed by atoms with Crippen LogP contribution in [0.15, 0.2) is 30.6 Å². The molecule has 0 unspecified atom stereocenters. The maximum Gasteiger partial charge on any atom is 0.407 e. The highest BCUT2D eigenvalue weighted by molar-refractivity contribution is 5.98. The van der Waals surface area contributed by atoms with Gasteiger partial charge in [0.1, 0.15) is 35.0 Å². The lowest BCUT2D eigenvalue weighted by Crippen LogP contribution is -2.38. The van der Waals surface area contributed by atoms with E-state index < -0.39 is 52.3 Å². The molecule has 0 spiro atoms. The first-order valence-electron chi connectivity index (χ1n) is 12.6. The quantitative estimate of drug-likeness (QED) is 0.215. The highest BCUT2D eigenvalue weighted by atomic mass is 19.2. The molecule has 5 rings (SSSR count). The first kappa shape index (κ1) is 28.1. The van der Waals surface area contributed by atoms with Gasteiger partial charge in [0, 0.05) is 23.7 Å². The number of nitrogen functional groups attached to an aromatic ring is 1. The average Bonchev–Trinajstić information content (AvgIpc) is 3.49. The summed E-state index contributed by atoms with van der Waals surface area (Å²) < 4.78 is 82.5. The van der Waals surface area contributed by atoms with Gasteiger partial charge < -0.3 is 20.5 Å². The van der Waals surface area contributed by atoms with Gasteiger partial charge >= 0.3 is 6.09 Å². The van der Waals surface area contributed by atoms with Gasteiger partial charge in [-0.3, -0.25) is 0 Å². The third kappa shape index (κ3) is 5.58. The van der Waals surface area contributed by atoms with Crippen LogP contribution in [0.2, 0.25) is 0 Å². The zero-order valence-corrected chi connectivity index (χ0v) is 22.1. The van der Waals surface area contributed by atoms with E-state index in [1.165, 1.54) is 12.4 Å². The fraction of sp³-hybridized carbons (Fsp3) is 0.333. The van der Waals surface area contributed by atoms with E-state index in [1.54, 1.807) is 25.5 Å². The van der Waals surface area contributed by atoms with Crippen molar-refractivity contribution < 1.29 is 36.2 Å². The van der Waals surface area contributed by atoms with Crippen LogP contribution < -0.4 is 15.8 Å². The van der Waals surface area contributed by atoms with Crippen LogP contribution in [-0.4, -0.2) is 37.5 Å². The Labute approximate surface area is 230 Å². The van der Waals surface area contributed by atoms with Crippen molar-refractivity contribution in [1.29, 1.82) is 0 Å². The molecular weight excluding hydrogens is 551 g/mol. The van der Waals surface area contributed by atoms with Gasteiger partial charge in [-0.25, -0.2) is 32.6 Å². The molecule has 2 atom stereocenters. The molecule has 14 heteroatoms. The Balaban J connectivity index is 1.45. The molecule has 0 radical (unpaired) electrons. The van der Waals surface area contributed by atoms with Crippen molar-refractivity contribution in [1.82, 2.24) is 25.1 Å². The van der Waals surface area contributed by atoms with E-state index in [1.807, 2.05) is 0 Å². The zero-order valence-electron chi connectivity index (χ0n) is 22.1. The van der Waals surface area contributed by atoms with Crippen molar-refractivity contribution in [2.45, 2.75) is 57.7 Å². The number of nitrogens with zero attached hydrogens (tertiary/aromatic N) is 4. The lowest BCUT2D eigenvalue weighted by atomic mass is 10.1. The first-order valence-corrected chi connectivity index (χ1v) is 12.6. The number of fused-ring (bicyclic) bond motifs is 1. The summed E-state index contributed by atoms with van der Waals surface area (Å²) in [5.41, 5.74) is 5.85. The Kier molecular flexibility index (Phi) is 7.17. The van der Waals surface area contributed by atoms with Gasteiger partial charge in [-0.1, -0.05) is 0 Å². The summed E-state index contributed by atoms with van der Waals surface area (Å²) in [6.07, 6.45) is 2.47. The monoisotopic (exact) mass is 576 g/mol. The predicted octanol–water partition coefficient (Wildman–Crippen LogP) is 6.18. The molecule has 2 aromatic heterocycles. The van der Waals surface area contributed by atoms with E-state index in [0.717, 1.165) is 12.1 Å². The van der Waals surface area contributed by atoms with Crippen molar-refractivity contribution in [3.05, 3.63) is 59.7 Å². The Morgan fingerprint density at radius 1 is 1.02 bits per heavy atom. The fourth-order valence-corrected chi connectivity index (χ4v) is 4.73. The Morgan fingerprint density at radius 3 is 2.39 bits per heavy atom. The summed E-state index contributed by atoms with van der Waals surface area (Å²) in [6.45, 7) is 5.30. The maximum atomic E-state index is 15.4. The minimum Gasteiger partial charge on any atom is -0.451 e. The number of alkyl carbamates (subject to hydrolysis) is 1.